The van der Waals surface area contributed by atoms with E-state index in [1.807, 2.05) is 12.3 Å². The number of rotatable bonds is 3. The van der Waals surface area contributed by atoms with Crippen LogP contribution in [0.25, 0.3) is 0 Å². The van der Waals surface area contributed by atoms with Crippen LogP contribution in [0, 0.1) is 5.92 Å². The van der Waals surface area contributed by atoms with E-state index in [0.717, 1.165) is 30.1 Å². The fraction of sp³-hybridized carbons (Fsp3) is 0.667. The molecule has 1 aliphatic heterocycles. The van der Waals surface area contributed by atoms with Gasteiger partial charge < -0.3 is 10.0 Å². The molecular weight excluding hydrogens is 286 g/mol. The van der Waals surface area contributed by atoms with Crippen molar-refractivity contribution < 1.29 is 9.90 Å². The number of hydrogen-bond acceptors (Lipinski definition) is 5. The molecule has 0 bridgehead atoms. The van der Waals surface area contributed by atoms with Crippen LogP contribution in [-0.4, -0.2) is 39.4 Å². The first-order chi connectivity index (χ1) is 10.2. The number of carboxylic acid groups (broad SMARTS) is 1. The average Bonchev–Trinajstić information content (AvgIpc) is 2.53. The molecule has 5 nitrogen and oxygen atoms in total. The third-order valence-electron chi connectivity index (χ3n) is 4.76. The molecule has 1 aliphatic carbocycles. The molecule has 1 saturated heterocycles. The molecule has 0 spiro atoms. The maximum Gasteiger partial charge on any atom is 0.326 e. The molecule has 114 valence electrons. The zero-order valence-corrected chi connectivity index (χ0v) is 13.1. The number of carbonyl (C=O) groups is 1. The third-order valence-corrected chi connectivity index (χ3v) is 5.40. The largest absolute Gasteiger partial charge is 0.480 e. The van der Waals surface area contributed by atoms with E-state index in [-0.39, 0.29) is 0 Å². The summed E-state index contributed by atoms with van der Waals surface area (Å²) in [5.74, 6) is 0.656. The van der Waals surface area contributed by atoms with Gasteiger partial charge in [0, 0.05) is 12.1 Å². The quantitative estimate of drug-likeness (QED) is 0.684. The molecule has 1 aromatic rings. The van der Waals surface area contributed by atoms with Crippen LogP contribution in [-0.2, 0) is 4.79 Å². The van der Waals surface area contributed by atoms with Crippen LogP contribution >= 0.6 is 11.8 Å². The maximum atomic E-state index is 11.7. The summed E-state index contributed by atoms with van der Waals surface area (Å²) in [7, 11) is 0. The highest BCUT2D eigenvalue weighted by molar-refractivity contribution is 7.98. The van der Waals surface area contributed by atoms with Crippen molar-refractivity contribution in [2.45, 2.75) is 55.6 Å². The SMILES string of the molecule is CSc1cc(N2C(C(=O)O)CCC3CCCCC32)ncn1. The molecule has 2 aliphatic rings. The van der Waals surface area contributed by atoms with Gasteiger partial charge in [-0.05, 0) is 37.9 Å². The fourth-order valence-corrected chi connectivity index (χ4v) is 4.16. The van der Waals surface area contributed by atoms with Gasteiger partial charge in [0.25, 0.3) is 0 Å². The molecule has 3 unspecified atom stereocenters. The van der Waals surface area contributed by atoms with Crippen LogP contribution in [0.1, 0.15) is 38.5 Å². The van der Waals surface area contributed by atoms with E-state index in [1.165, 1.54) is 19.3 Å². The van der Waals surface area contributed by atoms with Gasteiger partial charge in [-0.15, -0.1) is 11.8 Å². The maximum absolute atomic E-state index is 11.7. The van der Waals surface area contributed by atoms with E-state index in [0.29, 0.717) is 12.0 Å². The number of thioether (sulfide) groups is 1. The topological polar surface area (TPSA) is 66.3 Å². The number of piperidine rings is 1. The van der Waals surface area contributed by atoms with Crippen LogP contribution in [0.15, 0.2) is 17.4 Å². The van der Waals surface area contributed by atoms with Crippen molar-refractivity contribution in [3.8, 4) is 0 Å². The summed E-state index contributed by atoms with van der Waals surface area (Å²) in [6, 6.07) is 1.80. The Kier molecular flexibility index (Phi) is 4.33. The highest BCUT2D eigenvalue weighted by atomic mass is 32.2. The standard InChI is InChI=1S/C15H21N3O2S/c1-21-14-8-13(16-9-17-14)18-11-5-3-2-4-10(11)6-7-12(18)15(19)20/h8-12H,2-7H2,1H3,(H,19,20). The van der Waals surface area contributed by atoms with Gasteiger partial charge in [0.05, 0.1) is 0 Å². The van der Waals surface area contributed by atoms with Gasteiger partial charge in [-0.2, -0.15) is 0 Å². The summed E-state index contributed by atoms with van der Waals surface area (Å²) in [5, 5.41) is 10.5. The molecule has 1 N–H and O–H groups in total. The Hall–Kier alpha value is -1.30. The minimum atomic E-state index is -0.733. The Morgan fingerprint density at radius 2 is 2.10 bits per heavy atom. The van der Waals surface area contributed by atoms with Gasteiger partial charge in [0.2, 0.25) is 0 Å². The predicted molar refractivity (Wildman–Crippen MR) is 82.7 cm³/mol. The second kappa shape index (κ2) is 6.22. The lowest BCUT2D eigenvalue weighted by atomic mass is 9.76. The molecule has 6 heteroatoms. The molecule has 2 fully saturated rings. The van der Waals surface area contributed by atoms with Crippen LogP contribution in [0.5, 0.6) is 0 Å². The molecule has 0 radical (unpaired) electrons. The normalized spacial score (nSPS) is 29.0. The molecule has 1 aromatic heterocycles. The fourth-order valence-electron chi connectivity index (χ4n) is 3.79. The summed E-state index contributed by atoms with van der Waals surface area (Å²) in [6.45, 7) is 0. The zero-order chi connectivity index (χ0) is 14.8. The highest BCUT2D eigenvalue weighted by Gasteiger charge is 2.42. The number of nitrogens with zero attached hydrogens (tertiary/aromatic N) is 3. The van der Waals surface area contributed by atoms with Crippen molar-refractivity contribution in [2.24, 2.45) is 5.92 Å². The molecular formula is C15H21N3O2S. The van der Waals surface area contributed by atoms with Crippen LogP contribution < -0.4 is 4.90 Å². The number of anilines is 1. The molecule has 1 saturated carbocycles. The Morgan fingerprint density at radius 3 is 2.86 bits per heavy atom. The Labute approximate surface area is 129 Å². The lowest BCUT2D eigenvalue weighted by molar-refractivity contribution is -0.139. The Morgan fingerprint density at radius 1 is 1.29 bits per heavy atom. The van der Waals surface area contributed by atoms with Gasteiger partial charge in [-0.3, -0.25) is 0 Å². The van der Waals surface area contributed by atoms with Crippen molar-refractivity contribution >= 4 is 23.5 Å². The number of carboxylic acids is 1. The van der Waals surface area contributed by atoms with Crippen LogP contribution in [0.4, 0.5) is 5.82 Å². The lowest BCUT2D eigenvalue weighted by Gasteiger charge is -2.47. The van der Waals surface area contributed by atoms with E-state index in [4.69, 9.17) is 0 Å². The van der Waals surface area contributed by atoms with Crippen molar-refractivity contribution in [3.05, 3.63) is 12.4 Å². The Bertz CT molecular complexity index is 525. The number of fused-ring (bicyclic) bond motifs is 1. The molecule has 21 heavy (non-hydrogen) atoms. The molecule has 0 aromatic carbocycles. The summed E-state index contributed by atoms with van der Waals surface area (Å²) in [5.41, 5.74) is 0. The van der Waals surface area contributed by atoms with Gasteiger partial charge in [0.15, 0.2) is 0 Å². The first-order valence-electron chi connectivity index (χ1n) is 7.58. The van der Waals surface area contributed by atoms with Crippen LogP contribution in [0.2, 0.25) is 0 Å². The smallest absolute Gasteiger partial charge is 0.326 e. The molecule has 3 rings (SSSR count). The van der Waals surface area contributed by atoms with Crippen molar-refractivity contribution in [1.82, 2.24) is 9.97 Å². The van der Waals surface area contributed by atoms with Crippen LogP contribution in [0.3, 0.4) is 0 Å². The Balaban J connectivity index is 1.96. The van der Waals surface area contributed by atoms with Crippen molar-refractivity contribution in [2.75, 3.05) is 11.2 Å². The summed E-state index contributed by atoms with van der Waals surface area (Å²) in [4.78, 5) is 22.3. The number of aliphatic carboxylic acids is 1. The number of hydrogen-bond donors (Lipinski definition) is 1. The molecule has 2 heterocycles. The zero-order valence-electron chi connectivity index (χ0n) is 12.2. The average molecular weight is 307 g/mol. The summed E-state index contributed by atoms with van der Waals surface area (Å²) in [6.07, 6.45) is 10.0. The van der Waals surface area contributed by atoms with Gasteiger partial charge in [-0.25, -0.2) is 14.8 Å². The summed E-state index contributed by atoms with van der Waals surface area (Å²) >= 11 is 1.56. The number of aromatic nitrogens is 2. The van der Waals surface area contributed by atoms with Crippen molar-refractivity contribution in [1.29, 1.82) is 0 Å². The van der Waals surface area contributed by atoms with Gasteiger partial charge in [-0.1, -0.05) is 12.8 Å². The van der Waals surface area contributed by atoms with Gasteiger partial charge in [0.1, 0.15) is 23.2 Å². The monoisotopic (exact) mass is 307 g/mol. The minimum absolute atomic E-state index is 0.318. The van der Waals surface area contributed by atoms with E-state index >= 15 is 0 Å². The third kappa shape index (κ3) is 2.86. The van der Waals surface area contributed by atoms with E-state index in [9.17, 15) is 9.90 Å². The van der Waals surface area contributed by atoms with E-state index < -0.39 is 12.0 Å². The minimum Gasteiger partial charge on any atom is -0.480 e. The highest BCUT2D eigenvalue weighted by Crippen LogP contribution is 2.40. The lowest BCUT2D eigenvalue weighted by Crippen LogP contribution is -2.55. The molecule has 3 atom stereocenters. The van der Waals surface area contributed by atoms with E-state index in [1.54, 1.807) is 18.1 Å². The van der Waals surface area contributed by atoms with Gasteiger partial charge >= 0.3 is 5.97 Å². The first-order valence-corrected chi connectivity index (χ1v) is 8.80. The summed E-state index contributed by atoms with van der Waals surface area (Å²) < 4.78 is 0. The second-order valence-electron chi connectivity index (χ2n) is 5.87. The first kappa shape index (κ1) is 14.6. The predicted octanol–water partition coefficient (Wildman–Crippen LogP) is 2.81. The van der Waals surface area contributed by atoms with E-state index in [2.05, 4.69) is 14.9 Å². The second-order valence-corrected chi connectivity index (χ2v) is 6.70. The molecule has 0 amide bonds. The van der Waals surface area contributed by atoms with Crippen molar-refractivity contribution in [3.63, 3.8) is 0 Å².